The predicted molar refractivity (Wildman–Crippen MR) is 84.3 cm³/mol. The van der Waals surface area contributed by atoms with Crippen molar-refractivity contribution in [1.29, 1.82) is 0 Å². The minimum Gasteiger partial charge on any atom is -0.503 e. The van der Waals surface area contributed by atoms with Crippen LogP contribution in [0, 0.1) is 0 Å². The number of alkyl halides is 1. The molecule has 0 saturated heterocycles. The highest BCUT2D eigenvalue weighted by Gasteiger charge is 2.19. The molecule has 5 nitrogen and oxygen atoms in total. The fourth-order valence-electron chi connectivity index (χ4n) is 1.60. The molecule has 0 N–H and O–H groups in total. The Kier molecular flexibility index (Phi) is 10.5. The average Bonchev–Trinajstić information content (AvgIpc) is 2.49. The van der Waals surface area contributed by atoms with E-state index < -0.39 is 9.53 Å². The second-order valence-electron chi connectivity index (χ2n) is 4.18. The molecule has 0 unspecified atom stereocenters. The molecule has 0 aliphatic carbocycles. The molecule has 0 amide bonds. The Labute approximate surface area is 133 Å². The van der Waals surface area contributed by atoms with Crippen LogP contribution in [0.3, 0.4) is 0 Å². The third-order valence-electron chi connectivity index (χ3n) is 2.64. The number of hydrogen-bond acceptors (Lipinski definition) is 5. The molecule has 1 rings (SSSR count). The third kappa shape index (κ3) is 7.80. The molecular formula is C14H23ClO5Si. The van der Waals surface area contributed by atoms with Gasteiger partial charge in [0.1, 0.15) is 5.75 Å². The van der Waals surface area contributed by atoms with E-state index in [1.807, 2.05) is 24.3 Å². The Balaban J connectivity index is 2.60. The highest BCUT2D eigenvalue weighted by Crippen LogP contribution is 2.20. The first-order valence-corrected chi connectivity index (χ1v) is 8.78. The summed E-state index contributed by atoms with van der Waals surface area (Å²) in [5.74, 6) is 1.31. The van der Waals surface area contributed by atoms with Crippen LogP contribution in [0.25, 0.3) is 0 Å². The molecule has 0 aliphatic heterocycles. The first kappa shape index (κ1) is 18.4. The summed E-state index contributed by atoms with van der Waals surface area (Å²) in [6.45, 7) is 1.89. The summed E-state index contributed by atoms with van der Waals surface area (Å²) in [6, 6.07) is 7.78. The number of rotatable bonds is 12. The lowest BCUT2D eigenvalue weighted by Crippen LogP contribution is -2.33. The van der Waals surface area contributed by atoms with Crippen molar-refractivity contribution in [2.75, 3.05) is 46.5 Å². The molecule has 120 valence electrons. The van der Waals surface area contributed by atoms with Crippen molar-refractivity contribution in [3.05, 3.63) is 29.8 Å². The summed E-state index contributed by atoms with van der Waals surface area (Å²) in [5, 5.41) is 0. The second kappa shape index (κ2) is 12.0. The summed E-state index contributed by atoms with van der Waals surface area (Å²) in [5.41, 5.74) is 1.05. The highest BCUT2D eigenvalue weighted by molar-refractivity contribution is 6.37. The molecular weight excluding hydrogens is 312 g/mol. The molecule has 0 bridgehead atoms. The highest BCUT2D eigenvalue weighted by atomic mass is 35.5. The van der Waals surface area contributed by atoms with Gasteiger partial charge in [0.05, 0.1) is 26.4 Å². The molecule has 21 heavy (non-hydrogen) atoms. The van der Waals surface area contributed by atoms with E-state index in [1.165, 1.54) is 0 Å². The van der Waals surface area contributed by atoms with E-state index in [0.29, 0.717) is 32.3 Å². The summed E-state index contributed by atoms with van der Waals surface area (Å²) >= 11 is 5.81. The molecule has 0 spiro atoms. The van der Waals surface area contributed by atoms with E-state index in [4.69, 9.17) is 34.4 Å². The molecule has 0 aliphatic rings. The first-order valence-electron chi connectivity index (χ1n) is 6.83. The van der Waals surface area contributed by atoms with Crippen molar-refractivity contribution in [3.8, 4) is 5.75 Å². The van der Waals surface area contributed by atoms with E-state index in [2.05, 4.69) is 0 Å². The largest absolute Gasteiger partial charge is 0.549 e. The molecule has 0 heterocycles. The number of para-hydroxylation sites is 1. The average molecular weight is 335 g/mol. The van der Waals surface area contributed by atoms with Crippen LogP contribution in [0.1, 0.15) is 5.56 Å². The van der Waals surface area contributed by atoms with E-state index in [-0.39, 0.29) is 0 Å². The van der Waals surface area contributed by atoms with Crippen molar-refractivity contribution in [1.82, 2.24) is 0 Å². The Morgan fingerprint density at radius 3 is 2.14 bits per heavy atom. The standard InChI is InChI=1S/C14H23ClO5Si/c1-16-9-11-18-21(19-12-10-17-2)20-14-6-4-3-5-13(14)7-8-15/h3-6,21H,7-12H2,1-2H3. The van der Waals surface area contributed by atoms with Gasteiger partial charge >= 0.3 is 9.53 Å². The molecule has 0 fully saturated rings. The van der Waals surface area contributed by atoms with Crippen molar-refractivity contribution in [3.63, 3.8) is 0 Å². The molecule has 0 aromatic heterocycles. The van der Waals surface area contributed by atoms with Gasteiger partial charge in [-0.2, -0.15) is 0 Å². The normalized spacial score (nSPS) is 11.0. The summed E-state index contributed by atoms with van der Waals surface area (Å²) in [7, 11) is 0.975. The van der Waals surface area contributed by atoms with Gasteiger partial charge in [-0.15, -0.1) is 11.6 Å². The summed E-state index contributed by atoms with van der Waals surface area (Å²) in [4.78, 5) is 0. The minimum atomic E-state index is -2.28. The smallest absolute Gasteiger partial charge is 0.503 e. The van der Waals surface area contributed by atoms with Gasteiger partial charge in [-0.05, 0) is 18.1 Å². The van der Waals surface area contributed by atoms with E-state index in [0.717, 1.165) is 17.7 Å². The lowest BCUT2D eigenvalue weighted by Gasteiger charge is -2.19. The predicted octanol–water partition coefficient (Wildman–Crippen LogP) is 1.89. The maximum absolute atomic E-state index is 5.92. The molecule has 1 aromatic rings. The lowest BCUT2D eigenvalue weighted by atomic mass is 10.1. The van der Waals surface area contributed by atoms with Gasteiger partial charge in [0.15, 0.2) is 0 Å². The Morgan fingerprint density at radius 2 is 1.57 bits per heavy atom. The quantitative estimate of drug-likeness (QED) is 0.332. The van der Waals surface area contributed by atoms with E-state index >= 15 is 0 Å². The Morgan fingerprint density at radius 1 is 0.952 bits per heavy atom. The maximum Gasteiger partial charge on any atom is 0.549 e. The van der Waals surface area contributed by atoms with Gasteiger partial charge < -0.3 is 22.8 Å². The Hall–Kier alpha value is -0.633. The van der Waals surface area contributed by atoms with Gasteiger partial charge in [0.2, 0.25) is 0 Å². The minimum absolute atomic E-state index is 0.443. The van der Waals surface area contributed by atoms with E-state index in [9.17, 15) is 0 Å². The van der Waals surface area contributed by atoms with Crippen LogP contribution < -0.4 is 4.43 Å². The number of halogens is 1. The zero-order valence-electron chi connectivity index (χ0n) is 12.5. The molecule has 1 aromatic carbocycles. The number of hydrogen-bond donors (Lipinski definition) is 0. The van der Waals surface area contributed by atoms with Gasteiger partial charge in [-0.3, -0.25) is 0 Å². The van der Waals surface area contributed by atoms with Crippen LogP contribution in [0.15, 0.2) is 24.3 Å². The van der Waals surface area contributed by atoms with Gasteiger partial charge in [-0.1, -0.05) is 18.2 Å². The maximum atomic E-state index is 5.92. The SMILES string of the molecule is COCCO[SiH](OCCOC)Oc1ccccc1CCCl. The number of ether oxygens (including phenoxy) is 2. The third-order valence-corrected chi connectivity index (χ3v) is 4.29. The fourth-order valence-corrected chi connectivity index (χ4v) is 3.05. The first-order chi connectivity index (χ1) is 10.3. The van der Waals surface area contributed by atoms with Crippen LogP contribution in [0.2, 0.25) is 0 Å². The van der Waals surface area contributed by atoms with Crippen molar-refractivity contribution < 1.29 is 22.8 Å². The van der Waals surface area contributed by atoms with Gasteiger partial charge in [0, 0.05) is 20.1 Å². The zero-order chi connectivity index (χ0) is 15.3. The molecule has 7 heteroatoms. The Bertz CT molecular complexity index is 370. The number of methoxy groups -OCH3 is 2. The van der Waals surface area contributed by atoms with Crippen LogP contribution >= 0.6 is 11.6 Å². The summed E-state index contributed by atoms with van der Waals surface area (Å²) < 4.78 is 27.2. The van der Waals surface area contributed by atoms with Gasteiger partial charge in [0.25, 0.3) is 0 Å². The monoisotopic (exact) mass is 334 g/mol. The molecule has 0 atom stereocenters. The van der Waals surface area contributed by atoms with Gasteiger partial charge in [-0.25, -0.2) is 0 Å². The van der Waals surface area contributed by atoms with Crippen LogP contribution in [0.5, 0.6) is 5.75 Å². The zero-order valence-corrected chi connectivity index (χ0v) is 14.5. The molecule has 0 radical (unpaired) electrons. The topological polar surface area (TPSA) is 46.2 Å². The summed E-state index contributed by atoms with van der Waals surface area (Å²) in [6.07, 6.45) is 0.745. The van der Waals surface area contributed by atoms with Crippen molar-refractivity contribution in [2.24, 2.45) is 0 Å². The lowest BCUT2D eigenvalue weighted by molar-refractivity contribution is 0.0742. The van der Waals surface area contributed by atoms with E-state index in [1.54, 1.807) is 14.2 Å². The number of aryl methyl sites for hydroxylation is 1. The fraction of sp³-hybridized carbons (Fsp3) is 0.571. The van der Waals surface area contributed by atoms with Crippen molar-refractivity contribution in [2.45, 2.75) is 6.42 Å². The van der Waals surface area contributed by atoms with Crippen LogP contribution in [0.4, 0.5) is 0 Å². The molecule has 0 saturated carbocycles. The second-order valence-corrected chi connectivity index (χ2v) is 6.04. The van der Waals surface area contributed by atoms with Crippen LogP contribution in [-0.2, 0) is 24.7 Å². The number of benzene rings is 1. The van der Waals surface area contributed by atoms with Crippen LogP contribution in [-0.4, -0.2) is 56.1 Å². The van der Waals surface area contributed by atoms with Crippen molar-refractivity contribution >= 4 is 21.1 Å².